The first-order valence-corrected chi connectivity index (χ1v) is 7.46. The number of aryl methyl sites for hydroxylation is 2. The van der Waals surface area contributed by atoms with E-state index in [0.29, 0.717) is 0 Å². The number of aliphatic hydroxyl groups excluding tert-OH is 1. The zero-order valence-corrected chi connectivity index (χ0v) is 13.7. The molecule has 0 fully saturated rings. The Morgan fingerprint density at radius 1 is 1.15 bits per heavy atom. The van der Waals surface area contributed by atoms with Gasteiger partial charge in [-0.25, -0.2) is 0 Å². The van der Waals surface area contributed by atoms with Crippen molar-refractivity contribution in [3.05, 3.63) is 63.6 Å². The molecule has 2 aromatic carbocycles. The summed E-state index contributed by atoms with van der Waals surface area (Å²) in [4.78, 5) is 0. The number of anilines is 1. The molecule has 2 nitrogen and oxygen atoms in total. The van der Waals surface area contributed by atoms with E-state index in [1.807, 2.05) is 31.2 Å². The zero-order chi connectivity index (χ0) is 14.8. The van der Waals surface area contributed by atoms with E-state index in [9.17, 15) is 5.11 Å². The molecule has 0 saturated carbocycles. The van der Waals surface area contributed by atoms with E-state index in [0.717, 1.165) is 15.7 Å². The fraction of sp³-hybridized carbons (Fsp3) is 0.294. The van der Waals surface area contributed by atoms with Crippen molar-refractivity contribution >= 4 is 21.6 Å². The van der Waals surface area contributed by atoms with Crippen LogP contribution >= 0.6 is 15.9 Å². The summed E-state index contributed by atoms with van der Waals surface area (Å²) >= 11 is 3.47. The van der Waals surface area contributed by atoms with Gasteiger partial charge in [0.05, 0.1) is 12.1 Å². The molecule has 0 aromatic heterocycles. The first-order valence-electron chi connectivity index (χ1n) is 6.67. The highest BCUT2D eigenvalue weighted by molar-refractivity contribution is 9.10. The third-order valence-electron chi connectivity index (χ3n) is 3.55. The zero-order valence-electron chi connectivity index (χ0n) is 12.1. The van der Waals surface area contributed by atoms with Crippen molar-refractivity contribution < 1.29 is 5.11 Å². The van der Waals surface area contributed by atoms with Crippen LogP contribution in [-0.2, 0) is 5.54 Å². The number of rotatable bonds is 4. The van der Waals surface area contributed by atoms with Gasteiger partial charge in [-0.3, -0.25) is 0 Å². The van der Waals surface area contributed by atoms with Gasteiger partial charge in [0.2, 0.25) is 0 Å². The summed E-state index contributed by atoms with van der Waals surface area (Å²) in [6.45, 7) is 6.20. The Morgan fingerprint density at radius 3 is 2.55 bits per heavy atom. The molecule has 1 unspecified atom stereocenters. The van der Waals surface area contributed by atoms with Crippen LogP contribution in [0.5, 0.6) is 0 Å². The van der Waals surface area contributed by atoms with Crippen molar-refractivity contribution in [2.45, 2.75) is 26.3 Å². The number of nitrogens with one attached hydrogen (secondary N) is 1. The van der Waals surface area contributed by atoms with Crippen LogP contribution in [0.2, 0.25) is 0 Å². The molecule has 0 saturated heterocycles. The summed E-state index contributed by atoms with van der Waals surface area (Å²) in [6, 6.07) is 14.3. The minimum absolute atomic E-state index is 0.0316. The van der Waals surface area contributed by atoms with Crippen LogP contribution in [0.15, 0.2) is 46.9 Å². The van der Waals surface area contributed by atoms with E-state index in [4.69, 9.17) is 0 Å². The second-order valence-electron chi connectivity index (χ2n) is 5.44. The molecule has 0 heterocycles. The van der Waals surface area contributed by atoms with Crippen LogP contribution in [0.4, 0.5) is 5.69 Å². The second-order valence-corrected chi connectivity index (χ2v) is 6.36. The maximum Gasteiger partial charge on any atom is 0.0830 e. The average molecular weight is 334 g/mol. The maximum atomic E-state index is 9.91. The van der Waals surface area contributed by atoms with Crippen LogP contribution in [0.1, 0.15) is 23.6 Å². The number of aliphatic hydroxyl groups is 1. The minimum Gasteiger partial charge on any atom is -0.394 e. The summed E-state index contributed by atoms with van der Waals surface area (Å²) in [5.74, 6) is 0. The van der Waals surface area contributed by atoms with Gasteiger partial charge >= 0.3 is 0 Å². The number of hydrogen-bond donors (Lipinski definition) is 2. The quantitative estimate of drug-likeness (QED) is 0.869. The first kappa shape index (κ1) is 15.1. The number of halogens is 1. The Morgan fingerprint density at radius 2 is 1.90 bits per heavy atom. The van der Waals surface area contributed by atoms with Crippen LogP contribution in [0.3, 0.4) is 0 Å². The molecule has 0 aliphatic rings. The van der Waals surface area contributed by atoms with Gasteiger partial charge in [0.1, 0.15) is 0 Å². The van der Waals surface area contributed by atoms with Gasteiger partial charge in [-0.05, 0) is 50.1 Å². The predicted molar refractivity (Wildman–Crippen MR) is 88.1 cm³/mol. The SMILES string of the molecule is Cc1ccc(C)c(C(C)(CO)Nc2cccc(Br)c2)c1. The number of hydrogen-bond acceptors (Lipinski definition) is 2. The summed E-state index contributed by atoms with van der Waals surface area (Å²) in [5.41, 5.74) is 3.98. The van der Waals surface area contributed by atoms with Crippen LogP contribution in [0.25, 0.3) is 0 Å². The van der Waals surface area contributed by atoms with Gasteiger partial charge in [0, 0.05) is 10.2 Å². The van der Waals surface area contributed by atoms with Gasteiger partial charge in [-0.1, -0.05) is 45.8 Å². The van der Waals surface area contributed by atoms with Crippen molar-refractivity contribution in [2.75, 3.05) is 11.9 Å². The van der Waals surface area contributed by atoms with Crippen molar-refractivity contribution in [3.8, 4) is 0 Å². The van der Waals surface area contributed by atoms with Crippen LogP contribution < -0.4 is 5.32 Å². The molecule has 0 aliphatic carbocycles. The molecule has 2 N–H and O–H groups in total. The van der Waals surface area contributed by atoms with Crippen molar-refractivity contribution in [1.29, 1.82) is 0 Å². The van der Waals surface area contributed by atoms with E-state index in [1.165, 1.54) is 11.1 Å². The monoisotopic (exact) mass is 333 g/mol. The smallest absolute Gasteiger partial charge is 0.0830 e. The highest BCUT2D eigenvalue weighted by Crippen LogP contribution is 2.30. The standard InChI is InChI=1S/C17H20BrNO/c1-12-7-8-13(2)16(9-12)17(3,11-20)19-15-6-4-5-14(18)10-15/h4-10,19-20H,11H2,1-3H3. The first-order chi connectivity index (χ1) is 9.44. The summed E-state index contributed by atoms with van der Waals surface area (Å²) in [5, 5.41) is 13.4. The normalized spacial score (nSPS) is 13.8. The summed E-state index contributed by atoms with van der Waals surface area (Å²) in [7, 11) is 0. The molecule has 0 amide bonds. The lowest BCUT2D eigenvalue weighted by atomic mass is 9.87. The molecule has 0 aliphatic heterocycles. The Labute approximate surface area is 129 Å². The van der Waals surface area contributed by atoms with Crippen molar-refractivity contribution in [2.24, 2.45) is 0 Å². The lowest BCUT2D eigenvalue weighted by Gasteiger charge is -2.32. The lowest BCUT2D eigenvalue weighted by molar-refractivity contribution is 0.223. The molecular formula is C17H20BrNO. The fourth-order valence-electron chi connectivity index (χ4n) is 2.41. The summed E-state index contributed by atoms with van der Waals surface area (Å²) < 4.78 is 1.02. The van der Waals surface area contributed by atoms with E-state index in [2.05, 4.69) is 53.3 Å². The largest absolute Gasteiger partial charge is 0.394 e. The van der Waals surface area contributed by atoms with Gasteiger partial charge in [-0.15, -0.1) is 0 Å². The Balaban J connectivity index is 2.40. The molecule has 3 heteroatoms. The van der Waals surface area contributed by atoms with Crippen LogP contribution in [-0.4, -0.2) is 11.7 Å². The van der Waals surface area contributed by atoms with Gasteiger partial charge in [0.15, 0.2) is 0 Å². The Hall–Kier alpha value is -1.32. The minimum atomic E-state index is -0.503. The lowest BCUT2D eigenvalue weighted by Crippen LogP contribution is -2.36. The predicted octanol–water partition coefficient (Wildman–Crippen LogP) is 4.39. The number of benzene rings is 2. The third kappa shape index (κ3) is 3.22. The van der Waals surface area contributed by atoms with Gasteiger partial charge < -0.3 is 10.4 Å². The van der Waals surface area contributed by atoms with E-state index in [-0.39, 0.29) is 6.61 Å². The van der Waals surface area contributed by atoms with E-state index >= 15 is 0 Å². The molecule has 0 spiro atoms. The molecule has 0 radical (unpaired) electrons. The Kier molecular flexibility index (Phi) is 4.51. The molecule has 20 heavy (non-hydrogen) atoms. The molecular weight excluding hydrogens is 314 g/mol. The highest BCUT2D eigenvalue weighted by Gasteiger charge is 2.27. The fourth-order valence-corrected chi connectivity index (χ4v) is 2.81. The average Bonchev–Trinajstić information content (AvgIpc) is 2.41. The second kappa shape index (κ2) is 5.98. The van der Waals surface area contributed by atoms with Crippen LogP contribution in [0, 0.1) is 13.8 Å². The van der Waals surface area contributed by atoms with E-state index < -0.39 is 5.54 Å². The third-order valence-corrected chi connectivity index (χ3v) is 4.04. The molecule has 2 rings (SSSR count). The Bertz CT molecular complexity index is 612. The maximum absolute atomic E-state index is 9.91. The van der Waals surface area contributed by atoms with Gasteiger partial charge in [0.25, 0.3) is 0 Å². The molecule has 0 bridgehead atoms. The van der Waals surface area contributed by atoms with Gasteiger partial charge in [-0.2, -0.15) is 0 Å². The van der Waals surface area contributed by atoms with E-state index in [1.54, 1.807) is 0 Å². The molecule has 106 valence electrons. The molecule has 2 aromatic rings. The summed E-state index contributed by atoms with van der Waals surface area (Å²) in [6.07, 6.45) is 0. The molecule has 1 atom stereocenters. The van der Waals surface area contributed by atoms with Crippen molar-refractivity contribution in [3.63, 3.8) is 0 Å². The van der Waals surface area contributed by atoms with Crippen molar-refractivity contribution in [1.82, 2.24) is 0 Å². The highest BCUT2D eigenvalue weighted by atomic mass is 79.9. The topological polar surface area (TPSA) is 32.3 Å².